The van der Waals surface area contributed by atoms with Crippen molar-refractivity contribution in [2.24, 2.45) is 0 Å². The molecular weight excluding hydrogens is 401 g/mol. The zero-order valence-electron chi connectivity index (χ0n) is 16.5. The number of nitrogens with one attached hydrogen (secondary N) is 2. The van der Waals surface area contributed by atoms with Gasteiger partial charge in [0, 0.05) is 44.8 Å². The van der Waals surface area contributed by atoms with E-state index >= 15 is 4.39 Å². The molecule has 154 valence electrons. The third-order valence-electron chi connectivity index (χ3n) is 5.92. The van der Waals surface area contributed by atoms with Crippen molar-refractivity contribution < 1.29 is 4.39 Å². The van der Waals surface area contributed by atoms with Gasteiger partial charge in [-0.3, -0.25) is 9.69 Å². The SMILES string of the molecule is N#Cc1ccc(N2CCN(Cc3cc(F)c4c5c(c(=O)[nH]c4c3)CCCN5)CC2)s1. The molecule has 0 radical (unpaired) electrons. The maximum Gasteiger partial charge on any atom is 0.253 e. The summed E-state index contributed by atoms with van der Waals surface area (Å²) in [5.41, 5.74) is 2.62. The van der Waals surface area contributed by atoms with Gasteiger partial charge in [0.1, 0.15) is 16.8 Å². The molecule has 0 unspecified atom stereocenters. The van der Waals surface area contributed by atoms with Crippen LogP contribution in [0.15, 0.2) is 29.1 Å². The molecule has 3 aromatic rings. The Labute approximate surface area is 177 Å². The number of thiophene rings is 1. The summed E-state index contributed by atoms with van der Waals surface area (Å²) >= 11 is 1.52. The summed E-state index contributed by atoms with van der Waals surface area (Å²) in [6.07, 6.45) is 1.57. The highest BCUT2D eigenvalue weighted by atomic mass is 32.1. The first kappa shape index (κ1) is 19.1. The van der Waals surface area contributed by atoms with Crippen LogP contribution in [-0.4, -0.2) is 42.6 Å². The summed E-state index contributed by atoms with van der Waals surface area (Å²) in [4.78, 5) is 20.6. The Morgan fingerprint density at radius 3 is 2.80 bits per heavy atom. The minimum atomic E-state index is -0.286. The van der Waals surface area contributed by atoms with E-state index < -0.39 is 0 Å². The molecule has 2 N–H and O–H groups in total. The maximum absolute atomic E-state index is 15.0. The second kappa shape index (κ2) is 7.74. The van der Waals surface area contributed by atoms with E-state index in [1.54, 1.807) is 6.07 Å². The highest BCUT2D eigenvalue weighted by Crippen LogP contribution is 2.31. The van der Waals surface area contributed by atoms with Gasteiger partial charge in [-0.15, -0.1) is 11.3 Å². The number of fused-ring (bicyclic) bond motifs is 3. The van der Waals surface area contributed by atoms with Crippen LogP contribution in [0.2, 0.25) is 0 Å². The number of pyridine rings is 1. The fraction of sp³-hybridized carbons (Fsp3) is 0.364. The molecule has 0 spiro atoms. The number of benzene rings is 1. The Balaban J connectivity index is 1.34. The van der Waals surface area contributed by atoms with Gasteiger partial charge < -0.3 is 15.2 Å². The standard InChI is InChI=1S/C22H22FN5OS/c23-17-10-14(11-18-20(17)21-16(22(29)26-18)2-1-5-25-21)13-27-6-8-28(9-7-27)19-4-3-15(12-24)30-19/h3-4,10-11,25H,1-2,5-9,13H2,(H,26,29). The van der Waals surface area contributed by atoms with Gasteiger partial charge >= 0.3 is 0 Å². The normalized spacial score (nSPS) is 16.9. The summed E-state index contributed by atoms with van der Waals surface area (Å²) in [5, 5.41) is 13.8. The van der Waals surface area contributed by atoms with Crippen LogP contribution in [0, 0.1) is 17.1 Å². The largest absolute Gasteiger partial charge is 0.384 e. The van der Waals surface area contributed by atoms with Gasteiger partial charge in [0.05, 0.1) is 21.6 Å². The zero-order chi connectivity index (χ0) is 20.7. The Morgan fingerprint density at radius 1 is 1.20 bits per heavy atom. The number of H-pyrrole nitrogens is 1. The summed E-state index contributed by atoms with van der Waals surface area (Å²) in [6.45, 7) is 4.87. The number of nitriles is 1. The van der Waals surface area contributed by atoms with Crippen molar-refractivity contribution in [3.8, 4) is 6.07 Å². The number of anilines is 2. The molecule has 0 amide bonds. The molecule has 6 nitrogen and oxygen atoms in total. The fourth-order valence-electron chi connectivity index (χ4n) is 4.42. The molecule has 1 saturated heterocycles. The zero-order valence-corrected chi connectivity index (χ0v) is 17.3. The predicted molar refractivity (Wildman–Crippen MR) is 118 cm³/mol. The molecule has 0 saturated carbocycles. The number of hydrogen-bond acceptors (Lipinski definition) is 6. The topological polar surface area (TPSA) is 75.2 Å². The summed E-state index contributed by atoms with van der Waals surface area (Å²) < 4.78 is 15.0. The van der Waals surface area contributed by atoms with E-state index in [0.717, 1.165) is 54.6 Å². The highest BCUT2D eigenvalue weighted by molar-refractivity contribution is 7.16. The molecule has 8 heteroatoms. The van der Waals surface area contributed by atoms with Gasteiger partial charge in [-0.2, -0.15) is 5.26 Å². The minimum Gasteiger partial charge on any atom is -0.384 e. The Morgan fingerprint density at radius 2 is 2.03 bits per heavy atom. The fourth-order valence-corrected chi connectivity index (χ4v) is 5.28. The van der Waals surface area contributed by atoms with Crippen molar-refractivity contribution in [1.29, 1.82) is 5.26 Å². The molecule has 4 heterocycles. The molecule has 0 bridgehead atoms. The van der Waals surface area contributed by atoms with E-state index in [-0.39, 0.29) is 11.4 Å². The lowest BCUT2D eigenvalue weighted by Gasteiger charge is -2.35. The average molecular weight is 424 g/mol. The first-order valence-corrected chi connectivity index (χ1v) is 11.0. The number of aromatic nitrogens is 1. The number of aromatic amines is 1. The predicted octanol–water partition coefficient (Wildman–Crippen LogP) is 3.28. The van der Waals surface area contributed by atoms with Crippen molar-refractivity contribution in [2.75, 3.05) is 42.9 Å². The number of halogens is 1. The molecule has 1 aromatic carbocycles. The molecule has 30 heavy (non-hydrogen) atoms. The minimum absolute atomic E-state index is 0.123. The number of nitrogens with zero attached hydrogens (tertiary/aromatic N) is 3. The van der Waals surface area contributed by atoms with Gasteiger partial charge in [-0.05, 0) is 42.7 Å². The van der Waals surface area contributed by atoms with Crippen molar-refractivity contribution in [3.63, 3.8) is 0 Å². The number of rotatable bonds is 3. The lowest BCUT2D eigenvalue weighted by Crippen LogP contribution is -2.45. The van der Waals surface area contributed by atoms with Crippen molar-refractivity contribution in [3.05, 3.63) is 56.4 Å². The third-order valence-corrected chi connectivity index (χ3v) is 6.97. The van der Waals surface area contributed by atoms with Crippen LogP contribution in [0.5, 0.6) is 0 Å². The monoisotopic (exact) mass is 423 g/mol. The molecule has 1 fully saturated rings. The molecule has 2 aromatic heterocycles. The maximum atomic E-state index is 15.0. The quantitative estimate of drug-likeness (QED) is 0.676. The van der Waals surface area contributed by atoms with E-state index in [2.05, 4.69) is 26.2 Å². The van der Waals surface area contributed by atoms with Crippen LogP contribution in [0.3, 0.4) is 0 Å². The van der Waals surface area contributed by atoms with Crippen molar-refractivity contribution >= 4 is 32.9 Å². The summed E-state index contributed by atoms with van der Waals surface area (Å²) in [7, 11) is 0. The van der Waals surface area contributed by atoms with E-state index in [0.29, 0.717) is 35.1 Å². The number of hydrogen-bond donors (Lipinski definition) is 2. The van der Waals surface area contributed by atoms with Gasteiger partial charge in [0.2, 0.25) is 0 Å². The molecule has 0 aliphatic carbocycles. The van der Waals surface area contributed by atoms with Gasteiger partial charge in [-0.25, -0.2) is 4.39 Å². The molecule has 0 atom stereocenters. The lowest BCUT2D eigenvalue weighted by molar-refractivity contribution is 0.250. The summed E-state index contributed by atoms with van der Waals surface area (Å²) in [6, 6.07) is 9.55. The highest BCUT2D eigenvalue weighted by Gasteiger charge is 2.21. The first-order valence-electron chi connectivity index (χ1n) is 10.2. The lowest BCUT2D eigenvalue weighted by atomic mass is 10.00. The Bertz CT molecular complexity index is 1200. The Hall–Kier alpha value is -2.89. The third kappa shape index (κ3) is 3.44. The summed E-state index contributed by atoms with van der Waals surface area (Å²) in [5.74, 6) is -0.286. The van der Waals surface area contributed by atoms with Gasteiger partial charge in [-0.1, -0.05) is 0 Å². The first-order chi connectivity index (χ1) is 14.6. The average Bonchev–Trinajstić information content (AvgIpc) is 3.23. The smallest absolute Gasteiger partial charge is 0.253 e. The van der Waals surface area contributed by atoms with Crippen LogP contribution >= 0.6 is 11.3 Å². The van der Waals surface area contributed by atoms with Crippen LogP contribution in [-0.2, 0) is 13.0 Å². The van der Waals surface area contributed by atoms with Gasteiger partial charge in [0.15, 0.2) is 0 Å². The van der Waals surface area contributed by atoms with E-state index in [1.165, 1.54) is 11.3 Å². The van der Waals surface area contributed by atoms with Crippen LogP contribution < -0.4 is 15.8 Å². The number of piperazine rings is 1. The van der Waals surface area contributed by atoms with Crippen LogP contribution in [0.25, 0.3) is 10.9 Å². The molecule has 2 aliphatic heterocycles. The second-order valence-electron chi connectivity index (χ2n) is 7.85. The molecule has 2 aliphatic rings. The van der Waals surface area contributed by atoms with E-state index in [9.17, 15) is 4.79 Å². The van der Waals surface area contributed by atoms with Gasteiger partial charge in [0.25, 0.3) is 5.56 Å². The Kier molecular flexibility index (Phi) is 4.93. The van der Waals surface area contributed by atoms with Crippen LogP contribution in [0.4, 0.5) is 15.1 Å². The second-order valence-corrected chi connectivity index (χ2v) is 8.91. The molecule has 5 rings (SSSR count). The van der Waals surface area contributed by atoms with Crippen molar-refractivity contribution in [1.82, 2.24) is 9.88 Å². The van der Waals surface area contributed by atoms with Crippen LogP contribution in [0.1, 0.15) is 22.4 Å². The molecular formula is C22H22FN5OS. The van der Waals surface area contributed by atoms with Crippen molar-refractivity contribution in [2.45, 2.75) is 19.4 Å². The van der Waals surface area contributed by atoms with E-state index in [4.69, 9.17) is 5.26 Å². The van der Waals surface area contributed by atoms with E-state index in [1.807, 2.05) is 18.2 Å².